The second kappa shape index (κ2) is 9.27. The Morgan fingerprint density at radius 3 is 2.67 bits per heavy atom. The molecule has 0 unspecified atom stereocenters. The van der Waals surface area contributed by atoms with E-state index in [9.17, 15) is 22.4 Å². The molecule has 0 spiro atoms. The predicted molar refractivity (Wildman–Crippen MR) is 94.6 cm³/mol. The van der Waals surface area contributed by atoms with Crippen LogP contribution in [0.5, 0.6) is 5.75 Å². The lowest BCUT2D eigenvalue weighted by atomic mass is 10.1. The minimum Gasteiger partial charge on any atom is -0.494 e. The third kappa shape index (κ3) is 6.28. The van der Waals surface area contributed by atoms with Gasteiger partial charge in [-0.25, -0.2) is 9.37 Å². The summed E-state index contributed by atoms with van der Waals surface area (Å²) < 4.78 is 56.1. The molecular formula is C17H15ClF4N2O2S. The van der Waals surface area contributed by atoms with E-state index >= 15 is 0 Å². The summed E-state index contributed by atoms with van der Waals surface area (Å²) >= 11 is 6.93. The molecule has 1 N–H and O–H groups in total. The van der Waals surface area contributed by atoms with Gasteiger partial charge in [0, 0.05) is 18.5 Å². The Kier molecular flexibility index (Phi) is 7.32. The van der Waals surface area contributed by atoms with Gasteiger partial charge in [0.15, 0.2) is 11.6 Å². The maximum atomic E-state index is 13.6. The summed E-state index contributed by atoms with van der Waals surface area (Å²) in [5.74, 6) is -0.412. The van der Waals surface area contributed by atoms with Crippen molar-refractivity contribution in [1.82, 2.24) is 10.3 Å². The largest absolute Gasteiger partial charge is 0.494 e. The highest BCUT2D eigenvalue weighted by Gasteiger charge is 2.31. The first kappa shape index (κ1) is 21.3. The topological polar surface area (TPSA) is 51.2 Å². The maximum Gasteiger partial charge on any atom is 0.417 e. The first-order valence-corrected chi connectivity index (χ1v) is 9.01. The second-order valence-corrected chi connectivity index (χ2v) is 6.84. The molecule has 4 nitrogen and oxygen atoms in total. The van der Waals surface area contributed by atoms with E-state index in [2.05, 4.69) is 10.3 Å². The highest BCUT2D eigenvalue weighted by molar-refractivity contribution is 7.99. The third-order valence-electron chi connectivity index (χ3n) is 3.38. The number of aromatic nitrogens is 1. The van der Waals surface area contributed by atoms with Crippen molar-refractivity contribution in [3.05, 3.63) is 52.4 Å². The maximum absolute atomic E-state index is 13.6. The monoisotopic (exact) mass is 422 g/mol. The molecule has 2 rings (SSSR count). The van der Waals surface area contributed by atoms with Crippen LogP contribution < -0.4 is 10.1 Å². The molecule has 1 aromatic carbocycles. The van der Waals surface area contributed by atoms with Gasteiger partial charge >= 0.3 is 6.18 Å². The molecule has 2 aromatic rings. The van der Waals surface area contributed by atoms with Crippen molar-refractivity contribution in [3.8, 4) is 5.75 Å². The van der Waals surface area contributed by atoms with Crippen LogP contribution in [0.25, 0.3) is 0 Å². The number of ether oxygens (including phenoxy) is 1. The normalized spacial score (nSPS) is 11.3. The van der Waals surface area contributed by atoms with E-state index in [1.807, 2.05) is 0 Å². The van der Waals surface area contributed by atoms with Gasteiger partial charge in [0.05, 0.1) is 24.1 Å². The second-order valence-electron chi connectivity index (χ2n) is 5.35. The third-order valence-corrected chi connectivity index (χ3v) is 4.79. The zero-order valence-electron chi connectivity index (χ0n) is 14.1. The number of hydrogen-bond acceptors (Lipinski definition) is 4. The summed E-state index contributed by atoms with van der Waals surface area (Å²) in [5, 5.41) is 2.78. The van der Waals surface area contributed by atoms with Crippen molar-refractivity contribution in [2.24, 2.45) is 0 Å². The molecule has 0 aliphatic heterocycles. The van der Waals surface area contributed by atoms with Crippen LogP contribution in [-0.4, -0.2) is 30.3 Å². The smallest absolute Gasteiger partial charge is 0.417 e. The number of benzene rings is 1. The number of pyridine rings is 1. The summed E-state index contributed by atoms with van der Waals surface area (Å²) in [7, 11) is 1.35. The first-order chi connectivity index (χ1) is 12.7. The molecule has 1 aromatic heterocycles. The van der Waals surface area contributed by atoms with Crippen molar-refractivity contribution in [1.29, 1.82) is 0 Å². The van der Waals surface area contributed by atoms with Crippen LogP contribution in [0.1, 0.15) is 11.1 Å². The average molecular weight is 423 g/mol. The van der Waals surface area contributed by atoms with Crippen molar-refractivity contribution in [2.75, 3.05) is 19.4 Å². The number of hydrogen-bond donors (Lipinski definition) is 1. The summed E-state index contributed by atoms with van der Waals surface area (Å²) in [6.07, 6.45) is -3.80. The number of halogens is 5. The molecule has 0 aliphatic carbocycles. The summed E-state index contributed by atoms with van der Waals surface area (Å²) in [6, 6.07) is 5.06. The summed E-state index contributed by atoms with van der Waals surface area (Å²) in [5.41, 5.74) is -0.428. The molecule has 146 valence electrons. The quantitative estimate of drug-likeness (QED) is 0.409. The Bertz CT molecular complexity index is 818. The van der Waals surface area contributed by atoms with Crippen LogP contribution in [0.4, 0.5) is 17.6 Å². The lowest BCUT2D eigenvalue weighted by Gasteiger charge is -2.09. The highest BCUT2D eigenvalue weighted by Crippen LogP contribution is 2.33. The molecule has 0 fully saturated rings. The van der Waals surface area contributed by atoms with Crippen molar-refractivity contribution < 1.29 is 27.1 Å². The number of nitrogens with zero attached hydrogens (tertiary/aromatic N) is 1. The Morgan fingerprint density at radius 2 is 2.07 bits per heavy atom. The summed E-state index contributed by atoms with van der Waals surface area (Å²) in [4.78, 5) is 15.6. The van der Waals surface area contributed by atoms with Gasteiger partial charge in [-0.2, -0.15) is 13.2 Å². The molecule has 0 aliphatic rings. The molecule has 0 atom stereocenters. The van der Waals surface area contributed by atoms with Gasteiger partial charge in [-0.3, -0.25) is 4.79 Å². The molecule has 0 radical (unpaired) electrons. The van der Waals surface area contributed by atoms with Crippen LogP contribution in [0.15, 0.2) is 35.5 Å². The fourth-order valence-corrected chi connectivity index (χ4v) is 3.14. The minimum absolute atomic E-state index is 0.00906. The van der Waals surface area contributed by atoms with Crippen LogP contribution >= 0.6 is 23.4 Å². The fourth-order valence-electron chi connectivity index (χ4n) is 2.09. The number of thioether (sulfide) groups is 1. The lowest BCUT2D eigenvalue weighted by molar-refractivity contribution is -0.137. The molecule has 1 heterocycles. The van der Waals surface area contributed by atoms with Crippen molar-refractivity contribution in [3.63, 3.8) is 0 Å². The van der Waals surface area contributed by atoms with Crippen LogP contribution in [-0.2, 0) is 17.4 Å². The SMILES string of the molecule is COc1ccc(CC(=O)NCCSc2ncc(C(F)(F)F)cc2Cl)cc1F. The van der Waals surface area contributed by atoms with E-state index < -0.39 is 17.6 Å². The number of carbonyl (C=O) groups is 1. The van der Waals surface area contributed by atoms with E-state index in [1.54, 1.807) is 6.07 Å². The number of methoxy groups -OCH3 is 1. The van der Waals surface area contributed by atoms with E-state index in [0.29, 0.717) is 17.5 Å². The van der Waals surface area contributed by atoms with E-state index in [-0.39, 0.29) is 34.7 Å². The molecule has 0 bridgehead atoms. The van der Waals surface area contributed by atoms with Gasteiger partial charge in [0.2, 0.25) is 5.91 Å². The van der Waals surface area contributed by atoms with Gasteiger partial charge in [-0.05, 0) is 23.8 Å². The lowest BCUT2D eigenvalue weighted by Crippen LogP contribution is -2.27. The molecule has 27 heavy (non-hydrogen) atoms. The van der Waals surface area contributed by atoms with E-state index in [1.165, 1.54) is 19.2 Å². The van der Waals surface area contributed by atoms with Crippen LogP contribution in [0.3, 0.4) is 0 Å². The number of carbonyl (C=O) groups excluding carboxylic acids is 1. The highest BCUT2D eigenvalue weighted by atomic mass is 35.5. The zero-order valence-corrected chi connectivity index (χ0v) is 15.6. The molecule has 0 saturated carbocycles. The first-order valence-electron chi connectivity index (χ1n) is 7.65. The Balaban J connectivity index is 1.79. The van der Waals surface area contributed by atoms with Crippen molar-refractivity contribution >= 4 is 29.3 Å². The Hall–Kier alpha value is -2.00. The Morgan fingerprint density at radius 1 is 1.33 bits per heavy atom. The van der Waals surface area contributed by atoms with E-state index in [4.69, 9.17) is 16.3 Å². The van der Waals surface area contributed by atoms with E-state index in [0.717, 1.165) is 17.8 Å². The predicted octanol–water partition coefficient (Wildman–Crippen LogP) is 4.35. The molecule has 10 heteroatoms. The van der Waals surface area contributed by atoms with Gasteiger partial charge < -0.3 is 10.1 Å². The van der Waals surface area contributed by atoms with Gasteiger partial charge in [-0.1, -0.05) is 17.7 Å². The molecule has 0 saturated heterocycles. The molecular weight excluding hydrogens is 408 g/mol. The van der Waals surface area contributed by atoms with Gasteiger partial charge in [0.1, 0.15) is 5.03 Å². The number of nitrogens with one attached hydrogen (secondary N) is 1. The number of alkyl halides is 3. The molecule has 1 amide bonds. The van der Waals surface area contributed by atoms with Crippen LogP contribution in [0.2, 0.25) is 5.02 Å². The average Bonchev–Trinajstić information content (AvgIpc) is 2.59. The summed E-state index contributed by atoms with van der Waals surface area (Å²) in [6.45, 7) is 0.251. The van der Waals surface area contributed by atoms with Gasteiger partial charge in [0.25, 0.3) is 0 Å². The van der Waals surface area contributed by atoms with Crippen molar-refractivity contribution in [2.45, 2.75) is 17.6 Å². The fraction of sp³-hybridized carbons (Fsp3) is 0.294. The Labute approximate surface area is 162 Å². The van der Waals surface area contributed by atoms with Crippen LogP contribution in [0, 0.1) is 5.82 Å². The number of amides is 1. The zero-order chi connectivity index (χ0) is 20.0. The number of rotatable bonds is 7. The minimum atomic E-state index is -4.51. The standard InChI is InChI=1S/C17H15ClF4N2O2S/c1-26-14-3-2-10(6-13(14)19)7-15(25)23-4-5-27-16-12(18)8-11(9-24-16)17(20,21)22/h2-3,6,8-9H,4-5,7H2,1H3,(H,23,25). The van der Waals surface area contributed by atoms with Gasteiger partial charge in [-0.15, -0.1) is 11.8 Å².